The molecule has 2 aromatic carbocycles. The van der Waals surface area contributed by atoms with Crippen LogP contribution < -0.4 is 10.1 Å². The van der Waals surface area contributed by atoms with Crippen LogP contribution in [0.5, 0.6) is 5.75 Å². The second kappa shape index (κ2) is 8.04. The molecule has 3 nitrogen and oxygen atoms in total. The topological polar surface area (TPSA) is 37.0 Å². The molecule has 0 bridgehead atoms. The highest BCUT2D eigenvalue weighted by Crippen LogP contribution is 2.23. The molecule has 0 radical (unpaired) electrons. The van der Waals surface area contributed by atoms with Crippen LogP contribution in [-0.4, -0.2) is 25.2 Å². The monoisotopic (exact) mass is 340 g/mol. The molecule has 0 saturated carbocycles. The Bertz CT molecular complexity index is 821. The van der Waals surface area contributed by atoms with Crippen LogP contribution in [0.4, 0.5) is 0 Å². The lowest BCUT2D eigenvalue weighted by Crippen LogP contribution is -2.16. The first kappa shape index (κ1) is 16.6. The van der Waals surface area contributed by atoms with Crippen LogP contribution in [0.1, 0.15) is 11.1 Å². The van der Waals surface area contributed by atoms with Gasteiger partial charge in [0.1, 0.15) is 5.75 Å². The standard InChI is InChI=1S/C20H21ClN2O/c1-24-18-8-9-20-19(13-18)16(14-23-20)10-12-22-11-2-3-15-4-6-17(21)7-5-15/h2-9,13-14,22-23H,10-12H2,1H3/b3-2+. The third kappa shape index (κ3) is 4.19. The minimum absolute atomic E-state index is 0.764. The Hall–Kier alpha value is -2.23. The molecule has 0 fully saturated rings. The summed E-state index contributed by atoms with van der Waals surface area (Å²) in [6, 6.07) is 13.9. The van der Waals surface area contributed by atoms with Crippen molar-refractivity contribution in [2.45, 2.75) is 6.42 Å². The molecule has 1 heterocycles. The molecule has 4 heteroatoms. The van der Waals surface area contributed by atoms with E-state index in [9.17, 15) is 0 Å². The first-order valence-corrected chi connectivity index (χ1v) is 8.41. The van der Waals surface area contributed by atoms with Crippen molar-refractivity contribution in [2.24, 2.45) is 0 Å². The first-order valence-electron chi connectivity index (χ1n) is 8.03. The number of hydrogen-bond donors (Lipinski definition) is 2. The number of halogens is 1. The highest BCUT2D eigenvalue weighted by molar-refractivity contribution is 6.30. The van der Waals surface area contributed by atoms with Crippen LogP contribution in [-0.2, 0) is 6.42 Å². The number of ether oxygens (including phenoxy) is 1. The Morgan fingerprint density at radius 3 is 2.79 bits per heavy atom. The zero-order chi connectivity index (χ0) is 16.8. The number of benzene rings is 2. The largest absolute Gasteiger partial charge is 0.497 e. The molecule has 0 spiro atoms. The van der Waals surface area contributed by atoms with Crippen molar-refractivity contribution in [1.82, 2.24) is 10.3 Å². The Balaban J connectivity index is 1.49. The molecule has 0 saturated heterocycles. The predicted molar refractivity (Wildman–Crippen MR) is 102 cm³/mol. The lowest BCUT2D eigenvalue weighted by Gasteiger charge is -2.03. The fraction of sp³-hybridized carbons (Fsp3) is 0.200. The average Bonchev–Trinajstić information content (AvgIpc) is 3.01. The minimum atomic E-state index is 0.764. The quantitative estimate of drug-likeness (QED) is 0.613. The Morgan fingerprint density at radius 1 is 1.17 bits per heavy atom. The van der Waals surface area contributed by atoms with Crippen molar-refractivity contribution in [3.63, 3.8) is 0 Å². The number of hydrogen-bond acceptors (Lipinski definition) is 2. The molecule has 1 aromatic heterocycles. The van der Waals surface area contributed by atoms with Crippen LogP contribution in [0, 0.1) is 0 Å². The lowest BCUT2D eigenvalue weighted by atomic mass is 10.1. The van der Waals surface area contributed by atoms with Crippen LogP contribution in [0.2, 0.25) is 5.02 Å². The number of aromatic nitrogens is 1. The van der Waals surface area contributed by atoms with E-state index in [1.54, 1.807) is 7.11 Å². The molecule has 0 unspecified atom stereocenters. The number of methoxy groups -OCH3 is 1. The first-order chi connectivity index (χ1) is 11.8. The number of H-pyrrole nitrogens is 1. The van der Waals surface area contributed by atoms with Crippen molar-refractivity contribution in [3.05, 3.63) is 70.9 Å². The van der Waals surface area contributed by atoms with E-state index in [1.807, 2.05) is 30.3 Å². The van der Waals surface area contributed by atoms with Crippen LogP contribution in [0.15, 0.2) is 54.7 Å². The Labute approximate surface area is 147 Å². The summed E-state index contributed by atoms with van der Waals surface area (Å²) in [4.78, 5) is 3.31. The van der Waals surface area contributed by atoms with Crippen molar-refractivity contribution in [3.8, 4) is 5.75 Å². The molecule has 0 amide bonds. The molecule has 124 valence electrons. The van der Waals surface area contributed by atoms with Crippen molar-refractivity contribution >= 4 is 28.6 Å². The van der Waals surface area contributed by atoms with Gasteiger partial charge in [-0.2, -0.15) is 0 Å². The van der Waals surface area contributed by atoms with E-state index in [4.69, 9.17) is 16.3 Å². The summed E-state index contributed by atoms with van der Waals surface area (Å²) in [6.07, 6.45) is 7.28. The third-order valence-electron chi connectivity index (χ3n) is 3.99. The SMILES string of the molecule is COc1ccc2[nH]cc(CCNC/C=C/c3ccc(Cl)cc3)c2c1. The average molecular weight is 341 g/mol. The maximum Gasteiger partial charge on any atom is 0.119 e. The molecule has 3 rings (SSSR count). The van der Waals surface area contributed by atoms with Gasteiger partial charge in [-0.3, -0.25) is 0 Å². The third-order valence-corrected chi connectivity index (χ3v) is 4.24. The number of aromatic amines is 1. The number of fused-ring (bicyclic) bond motifs is 1. The predicted octanol–water partition coefficient (Wildman–Crippen LogP) is 4.68. The van der Waals surface area contributed by atoms with E-state index in [0.717, 1.165) is 41.4 Å². The maximum absolute atomic E-state index is 5.88. The normalized spacial score (nSPS) is 11.4. The smallest absolute Gasteiger partial charge is 0.119 e. The van der Waals surface area contributed by atoms with Gasteiger partial charge in [-0.15, -0.1) is 0 Å². The summed E-state index contributed by atoms with van der Waals surface area (Å²) in [7, 11) is 1.70. The van der Waals surface area contributed by atoms with Gasteiger partial charge >= 0.3 is 0 Å². The molecular weight excluding hydrogens is 320 g/mol. The van der Waals surface area contributed by atoms with Gasteiger partial charge < -0.3 is 15.0 Å². The fourth-order valence-electron chi connectivity index (χ4n) is 2.67. The molecule has 0 aliphatic rings. The summed E-state index contributed by atoms with van der Waals surface area (Å²) in [5.74, 6) is 0.891. The minimum Gasteiger partial charge on any atom is -0.497 e. The van der Waals surface area contributed by atoms with Gasteiger partial charge in [0.05, 0.1) is 7.11 Å². The van der Waals surface area contributed by atoms with Crippen LogP contribution in [0.25, 0.3) is 17.0 Å². The van der Waals surface area contributed by atoms with Gasteiger partial charge in [-0.1, -0.05) is 35.9 Å². The van der Waals surface area contributed by atoms with Gasteiger partial charge in [0.2, 0.25) is 0 Å². The maximum atomic E-state index is 5.88. The summed E-state index contributed by atoms with van der Waals surface area (Å²) in [5.41, 5.74) is 3.61. The summed E-state index contributed by atoms with van der Waals surface area (Å²) in [5, 5.41) is 5.43. The highest BCUT2D eigenvalue weighted by Gasteiger charge is 2.04. The summed E-state index contributed by atoms with van der Waals surface area (Å²) >= 11 is 5.88. The molecule has 0 aliphatic heterocycles. The molecule has 0 atom stereocenters. The number of rotatable bonds is 7. The van der Waals surface area contributed by atoms with E-state index >= 15 is 0 Å². The van der Waals surface area contributed by atoms with Gasteiger partial charge in [-0.05, 0) is 54.4 Å². The van der Waals surface area contributed by atoms with E-state index in [0.29, 0.717) is 0 Å². The van der Waals surface area contributed by atoms with Crippen LogP contribution in [0.3, 0.4) is 0 Å². The second-order valence-electron chi connectivity index (χ2n) is 5.63. The van der Waals surface area contributed by atoms with E-state index in [-0.39, 0.29) is 0 Å². The van der Waals surface area contributed by atoms with Gasteiger partial charge in [-0.25, -0.2) is 0 Å². The zero-order valence-electron chi connectivity index (χ0n) is 13.7. The van der Waals surface area contributed by atoms with E-state index in [2.05, 4.69) is 40.8 Å². The van der Waals surface area contributed by atoms with Gasteiger partial charge in [0, 0.05) is 28.7 Å². The molecule has 3 aromatic rings. The lowest BCUT2D eigenvalue weighted by molar-refractivity contribution is 0.415. The van der Waals surface area contributed by atoms with Crippen LogP contribution >= 0.6 is 11.6 Å². The second-order valence-corrected chi connectivity index (χ2v) is 6.07. The number of nitrogens with one attached hydrogen (secondary N) is 2. The Kier molecular flexibility index (Phi) is 5.57. The van der Waals surface area contributed by atoms with Crippen molar-refractivity contribution in [2.75, 3.05) is 20.2 Å². The molecule has 2 N–H and O–H groups in total. The summed E-state index contributed by atoms with van der Waals surface area (Å²) < 4.78 is 5.31. The van der Waals surface area contributed by atoms with Gasteiger partial charge in [0.15, 0.2) is 0 Å². The van der Waals surface area contributed by atoms with Crippen molar-refractivity contribution in [1.29, 1.82) is 0 Å². The zero-order valence-corrected chi connectivity index (χ0v) is 14.4. The van der Waals surface area contributed by atoms with Gasteiger partial charge in [0.25, 0.3) is 0 Å². The molecule has 24 heavy (non-hydrogen) atoms. The molecule has 0 aliphatic carbocycles. The highest BCUT2D eigenvalue weighted by atomic mass is 35.5. The van der Waals surface area contributed by atoms with E-state index in [1.165, 1.54) is 10.9 Å². The van der Waals surface area contributed by atoms with E-state index < -0.39 is 0 Å². The molecular formula is C20H21ClN2O. The van der Waals surface area contributed by atoms with Crippen molar-refractivity contribution < 1.29 is 4.74 Å². The summed E-state index contributed by atoms with van der Waals surface area (Å²) in [6.45, 7) is 1.77. The fourth-order valence-corrected chi connectivity index (χ4v) is 2.79. The Morgan fingerprint density at radius 2 is 2.00 bits per heavy atom.